The topological polar surface area (TPSA) is 39.7 Å². The molecule has 0 aliphatic heterocycles. The molecule has 1 rings (SSSR count). The third-order valence-corrected chi connectivity index (χ3v) is 3.75. The van der Waals surface area contributed by atoms with Gasteiger partial charge in [0.25, 0.3) is 0 Å². The standard InChI is InChI=1S/C17H30N4/c1-14(2)15(3)20-17(18-4)19-12-9-13-21(5)16-10-7-6-8-11-16/h6-8,10-11,14-15H,9,12-13H2,1-5H3,(H2,18,19,20). The predicted molar refractivity (Wildman–Crippen MR) is 93.1 cm³/mol. The van der Waals surface area contributed by atoms with Crippen molar-refractivity contribution in [3.8, 4) is 0 Å². The normalized spacial score (nSPS) is 13.1. The zero-order chi connectivity index (χ0) is 15.7. The van der Waals surface area contributed by atoms with Gasteiger partial charge in [-0.05, 0) is 31.4 Å². The first-order valence-corrected chi connectivity index (χ1v) is 7.78. The van der Waals surface area contributed by atoms with Gasteiger partial charge in [-0.1, -0.05) is 32.0 Å². The van der Waals surface area contributed by atoms with Crippen LogP contribution in [-0.2, 0) is 0 Å². The van der Waals surface area contributed by atoms with Crippen LogP contribution in [0.15, 0.2) is 35.3 Å². The van der Waals surface area contributed by atoms with Crippen molar-refractivity contribution in [3.05, 3.63) is 30.3 Å². The van der Waals surface area contributed by atoms with E-state index in [9.17, 15) is 0 Å². The van der Waals surface area contributed by atoms with Crippen molar-refractivity contribution in [2.24, 2.45) is 10.9 Å². The largest absolute Gasteiger partial charge is 0.375 e. The Balaban J connectivity index is 2.26. The number of nitrogens with one attached hydrogen (secondary N) is 2. The van der Waals surface area contributed by atoms with E-state index in [1.54, 1.807) is 0 Å². The number of hydrogen-bond acceptors (Lipinski definition) is 2. The number of anilines is 1. The minimum atomic E-state index is 0.420. The van der Waals surface area contributed by atoms with E-state index in [-0.39, 0.29) is 0 Å². The maximum Gasteiger partial charge on any atom is 0.191 e. The zero-order valence-corrected chi connectivity index (χ0v) is 14.1. The fourth-order valence-electron chi connectivity index (χ4n) is 1.91. The molecule has 0 heterocycles. The minimum Gasteiger partial charge on any atom is -0.375 e. The van der Waals surface area contributed by atoms with Crippen LogP contribution in [-0.4, -0.2) is 39.2 Å². The molecule has 118 valence electrons. The van der Waals surface area contributed by atoms with Crippen LogP contribution in [0.1, 0.15) is 27.2 Å². The van der Waals surface area contributed by atoms with Gasteiger partial charge in [-0.3, -0.25) is 4.99 Å². The fourth-order valence-corrected chi connectivity index (χ4v) is 1.91. The molecule has 0 aromatic heterocycles. The summed E-state index contributed by atoms with van der Waals surface area (Å²) >= 11 is 0. The number of para-hydroxylation sites is 1. The zero-order valence-electron chi connectivity index (χ0n) is 14.1. The van der Waals surface area contributed by atoms with Gasteiger partial charge in [0.2, 0.25) is 0 Å². The molecule has 2 N–H and O–H groups in total. The third kappa shape index (κ3) is 6.52. The molecular formula is C17H30N4. The molecule has 4 nitrogen and oxygen atoms in total. The van der Waals surface area contributed by atoms with Gasteiger partial charge >= 0.3 is 0 Å². The Morgan fingerprint density at radius 2 is 1.86 bits per heavy atom. The van der Waals surface area contributed by atoms with Crippen LogP contribution in [0.3, 0.4) is 0 Å². The second kappa shape index (κ2) is 9.27. The summed E-state index contributed by atoms with van der Waals surface area (Å²) < 4.78 is 0. The van der Waals surface area contributed by atoms with E-state index in [4.69, 9.17) is 0 Å². The van der Waals surface area contributed by atoms with Crippen LogP contribution >= 0.6 is 0 Å². The maximum absolute atomic E-state index is 4.27. The second-order valence-electron chi connectivity index (χ2n) is 5.79. The third-order valence-electron chi connectivity index (χ3n) is 3.75. The van der Waals surface area contributed by atoms with Crippen molar-refractivity contribution in [1.29, 1.82) is 0 Å². The van der Waals surface area contributed by atoms with Gasteiger partial charge in [0.1, 0.15) is 0 Å². The summed E-state index contributed by atoms with van der Waals surface area (Å²) in [6.45, 7) is 8.54. The smallest absolute Gasteiger partial charge is 0.191 e. The van der Waals surface area contributed by atoms with Gasteiger partial charge in [0.15, 0.2) is 5.96 Å². The average molecular weight is 290 g/mol. The Bertz CT molecular complexity index is 414. The summed E-state index contributed by atoms with van der Waals surface area (Å²) in [5.74, 6) is 1.48. The molecule has 21 heavy (non-hydrogen) atoms. The molecule has 0 amide bonds. The maximum atomic E-state index is 4.27. The number of hydrogen-bond donors (Lipinski definition) is 2. The van der Waals surface area contributed by atoms with Crippen LogP contribution in [0.5, 0.6) is 0 Å². The molecule has 0 saturated carbocycles. The highest BCUT2D eigenvalue weighted by Gasteiger charge is 2.08. The summed E-state index contributed by atoms with van der Waals surface area (Å²) in [4.78, 5) is 6.54. The minimum absolute atomic E-state index is 0.420. The van der Waals surface area contributed by atoms with Crippen LogP contribution in [0, 0.1) is 5.92 Å². The molecule has 0 saturated heterocycles. The summed E-state index contributed by atoms with van der Waals surface area (Å²) in [6, 6.07) is 10.9. The number of guanidine groups is 1. The fraction of sp³-hybridized carbons (Fsp3) is 0.588. The van der Waals surface area contributed by atoms with Gasteiger partial charge in [-0.2, -0.15) is 0 Å². The van der Waals surface area contributed by atoms with E-state index in [2.05, 4.69) is 72.6 Å². The Hall–Kier alpha value is -1.71. The molecule has 0 bridgehead atoms. The number of rotatable bonds is 7. The summed E-state index contributed by atoms with van der Waals surface area (Å²) in [6.07, 6.45) is 1.07. The highest BCUT2D eigenvalue weighted by molar-refractivity contribution is 5.79. The predicted octanol–water partition coefficient (Wildman–Crippen LogP) is 2.72. The molecular weight excluding hydrogens is 260 g/mol. The van der Waals surface area contributed by atoms with Gasteiger partial charge in [0.05, 0.1) is 0 Å². The Labute approximate surface area is 129 Å². The van der Waals surface area contributed by atoms with Gasteiger partial charge < -0.3 is 15.5 Å². The van der Waals surface area contributed by atoms with Gasteiger partial charge in [-0.25, -0.2) is 0 Å². The molecule has 0 radical (unpaired) electrons. The van der Waals surface area contributed by atoms with E-state index >= 15 is 0 Å². The Morgan fingerprint density at radius 3 is 2.43 bits per heavy atom. The Morgan fingerprint density at radius 1 is 1.19 bits per heavy atom. The molecule has 4 heteroatoms. The molecule has 0 spiro atoms. The van der Waals surface area contributed by atoms with Crippen LogP contribution in [0.2, 0.25) is 0 Å². The summed E-state index contributed by atoms with van der Waals surface area (Å²) in [7, 11) is 3.95. The lowest BCUT2D eigenvalue weighted by atomic mass is 10.1. The molecule has 0 fully saturated rings. The van der Waals surface area contributed by atoms with Crippen LogP contribution in [0.25, 0.3) is 0 Å². The summed E-state index contributed by atoms with van der Waals surface area (Å²) in [5.41, 5.74) is 1.26. The quantitative estimate of drug-likeness (QED) is 0.461. The van der Waals surface area contributed by atoms with Gasteiger partial charge in [-0.15, -0.1) is 0 Å². The van der Waals surface area contributed by atoms with Crippen LogP contribution < -0.4 is 15.5 Å². The first-order valence-electron chi connectivity index (χ1n) is 7.78. The van der Waals surface area contributed by atoms with Gasteiger partial charge in [0, 0.05) is 38.9 Å². The van der Waals surface area contributed by atoms with E-state index < -0.39 is 0 Å². The van der Waals surface area contributed by atoms with Crippen molar-refractivity contribution >= 4 is 11.6 Å². The number of aliphatic imine (C=N–C) groups is 1. The SMILES string of the molecule is CN=C(NCCCN(C)c1ccccc1)NC(C)C(C)C. The molecule has 1 atom stereocenters. The van der Waals surface area contributed by atoms with Crippen LogP contribution in [0.4, 0.5) is 5.69 Å². The first kappa shape index (κ1) is 17.3. The molecule has 0 aliphatic carbocycles. The Kier molecular flexibility index (Phi) is 7.65. The number of benzene rings is 1. The van der Waals surface area contributed by atoms with E-state index in [0.717, 1.165) is 25.5 Å². The highest BCUT2D eigenvalue weighted by Crippen LogP contribution is 2.10. The molecule has 0 aliphatic rings. The first-order chi connectivity index (χ1) is 10.0. The van der Waals surface area contributed by atoms with Crippen molar-refractivity contribution in [2.75, 3.05) is 32.1 Å². The second-order valence-corrected chi connectivity index (χ2v) is 5.79. The highest BCUT2D eigenvalue weighted by atomic mass is 15.2. The lowest BCUT2D eigenvalue weighted by Crippen LogP contribution is -2.44. The van der Waals surface area contributed by atoms with Crippen molar-refractivity contribution in [1.82, 2.24) is 10.6 Å². The van der Waals surface area contributed by atoms with E-state index in [1.807, 2.05) is 13.1 Å². The monoisotopic (exact) mass is 290 g/mol. The van der Waals surface area contributed by atoms with Crippen molar-refractivity contribution in [3.63, 3.8) is 0 Å². The van der Waals surface area contributed by atoms with E-state index in [0.29, 0.717) is 12.0 Å². The lowest BCUT2D eigenvalue weighted by Gasteiger charge is -2.22. The molecule has 1 unspecified atom stereocenters. The average Bonchev–Trinajstić information content (AvgIpc) is 2.50. The van der Waals surface area contributed by atoms with E-state index in [1.165, 1.54) is 5.69 Å². The molecule has 1 aromatic carbocycles. The van der Waals surface area contributed by atoms with Crippen molar-refractivity contribution < 1.29 is 0 Å². The lowest BCUT2D eigenvalue weighted by molar-refractivity contribution is 0.480. The summed E-state index contributed by atoms with van der Waals surface area (Å²) in [5, 5.41) is 6.79. The molecule has 1 aromatic rings. The number of nitrogens with zero attached hydrogens (tertiary/aromatic N) is 2. The van der Waals surface area contributed by atoms with Crippen molar-refractivity contribution in [2.45, 2.75) is 33.2 Å².